The van der Waals surface area contributed by atoms with Crippen LogP contribution in [0.2, 0.25) is 0 Å². The molecule has 0 bridgehead atoms. The van der Waals surface area contributed by atoms with E-state index in [-0.39, 0.29) is 0 Å². The van der Waals surface area contributed by atoms with Gasteiger partial charge in [0.2, 0.25) is 0 Å². The van der Waals surface area contributed by atoms with Gasteiger partial charge < -0.3 is 13.8 Å². The minimum absolute atomic E-state index is 0.349. The average Bonchev–Trinajstić information content (AvgIpc) is 2.81. The molecule has 2 rings (SSSR count). The molecular weight excluding hydrogens is 419 g/mol. The van der Waals surface area contributed by atoms with E-state index in [4.69, 9.17) is 13.8 Å². The lowest BCUT2D eigenvalue weighted by molar-refractivity contribution is 0.206. The minimum Gasteiger partial charge on any atom is -0.492 e. The Morgan fingerprint density at radius 1 is 0.844 bits per heavy atom. The summed E-state index contributed by atoms with van der Waals surface area (Å²) in [7, 11) is -3.39. The van der Waals surface area contributed by atoms with Crippen molar-refractivity contribution in [3.63, 3.8) is 0 Å². The lowest BCUT2D eigenvalue weighted by atomic mass is 9.90. The summed E-state index contributed by atoms with van der Waals surface area (Å²) in [5.41, 5.74) is 1.19. The van der Waals surface area contributed by atoms with Crippen LogP contribution >= 0.6 is 7.60 Å². The van der Waals surface area contributed by atoms with Crippen molar-refractivity contribution in [1.82, 2.24) is 0 Å². The molecule has 0 atom stereocenters. The van der Waals surface area contributed by atoms with Crippen LogP contribution in [-0.4, -0.2) is 19.8 Å². The molecule has 0 heterocycles. The van der Waals surface area contributed by atoms with Gasteiger partial charge in [0.1, 0.15) is 11.1 Å². The Morgan fingerprint density at radius 2 is 1.47 bits per heavy atom. The highest BCUT2D eigenvalue weighted by molar-refractivity contribution is 7.62. The van der Waals surface area contributed by atoms with Crippen molar-refractivity contribution in [2.75, 3.05) is 19.8 Å². The van der Waals surface area contributed by atoms with Crippen molar-refractivity contribution in [1.29, 1.82) is 0 Å². The molecule has 0 saturated heterocycles. The Hall–Kier alpha value is -0.830. The second kappa shape index (κ2) is 15.9. The molecule has 1 saturated carbocycles. The van der Waals surface area contributed by atoms with Gasteiger partial charge in [0.05, 0.1) is 19.8 Å². The molecule has 0 N–H and O–H groups in total. The van der Waals surface area contributed by atoms with Gasteiger partial charge in [-0.05, 0) is 63.1 Å². The monoisotopic (exact) mass is 466 g/mol. The minimum atomic E-state index is -3.39. The van der Waals surface area contributed by atoms with Crippen LogP contribution in [0.4, 0.5) is 0 Å². The molecule has 0 amide bonds. The van der Waals surface area contributed by atoms with Gasteiger partial charge in [0.15, 0.2) is 0 Å². The van der Waals surface area contributed by atoms with Gasteiger partial charge in [-0.15, -0.1) is 0 Å². The van der Waals surface area contributed by atoms with Crippen molar-refractivity contribution >= 4 is 12.9 Å². The first-order chi connectivity index (χ1) is 15.6. The van der Waals surface area contributed by atoms with Crippen molar-refractivity contribution in [2.45, 2.75) is 111 Å². The van der Waals surface area contributed by atoms with Gasteiger partial charge in [0.25, 0.3) is 0 Å². The van der Waals surface area contributed by atoms with Gasteiger partial charge in [-0.1, -0.05) is 77.2 Å². The quantitative estimate of drug-likeness (QED) is 0.171. The maximum atomic E-state index is 13.6. The largest absolute Gasteiger partial charge is 0.492 e. The lowest BCUT2D eigenvalue weighted by Crippen LogP contribution is -2.20. The van der Waals surface area contributed by atoms with Crippen molar-refractivity contribution < 1.29 is 18.3 Å². The highest BCUT2D eigenvalue weighted by atomic mass is 31.2. The molecular formula is C27H47O4P. The summed E-state index contributed by atoms with van der Waals surface area (Å²) in [6.07, 6.45) is 17.8. The summed E-state index contributed by atoms with van der Waals surface area (Å²) in [5.74, 6) is 1.26. The normalized spacial score (nSPS) is 15.2. The van der Waals surface area contributed by atoms with E-state index < -0.39 is 7.60 Å². The van der Waals surface area contributed by atoms with Gasteiger partial charge in [-0.3, -0.25) is 4.57 Å². The Bertz CT molecular complexity index is 660. The number of rotatable bonds is 17. The van der Waals surface area contributed by atoms with Crippen molar-refractivity contribution in [3.8, 4) is 5.75 Å². The van der Waals surface area contributed by atoms with E-state index in [1.165, 1.54) is 82.6 Å². The zero-order valence-electron chi connectivity index (χ0n) is 20.9. The predicted molar refractivity (Wildman–Crippen MR) is 135 cm³/mol. The predicted octanol–water partition coefficient (Wildman–Crippen LogP) is 8.22. The fraction of sp³-hybridized carbons (Fsp3) is 0.778. The van der Waals surface area contributed by atoms with Crippen LogP contribution in [0.25, 0.3) is 0 Å². The summed E-state index contributed by atoms with van der Waals surface area (Å²) in [4.78, 5) is 0. The summed E-state index contributed by atoms with van der Waals surface area (Å²) < 4.78 is 31.2. The Kier molecular flexibility index (Phi) is 13.6. The standard InChI is InChI=1S/C27H47O4P/c1-4-7-8-9-10-11-12-14-17-24-20-21-26(29-23-25-18-15-13-16-19-25)27(22-24)32(28,30-5-2)31-6-3/h20-22,25H,4-19,23H2,1-3H3. The van der Waals surface area contributed by atoms with E-state index in [9.17, 15) is 4.57 Å². The zero-order chi connectivity index (χ0) is 23.1. The Labute approximate surface area is 197 Å². The van der Waals surface area contributed by atoms with Crippen LogP contribution in [0, 0.1) is 5.92 Å². The molecule has 32 heavy (non-hydrogen) atoms. The first-order valence-corrected chi connectivity index (χ1v) is 14.8. The number of ether oxygens (including phenoxy) is 1. The number of hydrogen-bond donors (Lipinski definition) is 0. The maximum Gasteiger partial charge on any atom is 0.365 e. The molecule has 1 aromatic carbocycles. The van der Waals surface area contributed by atoms with E-state index in [2.05, 4.69) is 13.0 Å². The molecule has 4 nitrogen and oxygen atoms in total. The van der Waals surface area contributed by atoms with E-state index in [0.717, 1.165) is 12.8 Å². The molecule has 0 radical (unpaired) electrons. The molecule has 1 aromatic rings. The van der Waals surface area contributed by atoms with Crippen LogP contribution in [0.1, 0.15) is 110 Å². The number of aryl methyl sites for hydroxylation is 1. The number of unbranched alkanes of at least 4 members (excludes halogenated alkanes) is 7. The van der Waals surface area contributed by atoms with Crippen LogP contribution in [-0.2, 0) is 20.0 Å². The Morgan fingerprint density at radius 3 is 2.09 bits per heavy atom. The first kappa shape index (κ1) is 27.4. The van der Waals surface area contributed by atoms with Crippen LogP contribution in [0.3, 0.4) is 0 Å². The molecule has 1 fully saturated rings. The maximum absolute atomic E-state index is 13.6. The molecule has 5 heteroatoms. The van der Waals surface area contributed by atoms with Gasteiger partial charge in [-0.2, -0.15) is 0 Å². The molecule has 1 aliphatic rings. The van der Waals surface area contributed by atoms with Gasteiger partial charge in [0, 0.05) is 0 Å². The lowest BCUT2D eigenvalue weighted by Gasteiger charge is -2.24. The van der Waals surface area contributed by atoms with Crippen LogP contribution in [0.5, 0.6) is 5.75 Å². The molecule has 0 unspecified atom stereocenters. The molecule has 184 valence electrons. The van der Waals surface area contributed by atoms with Gasteiger partial charge in [-0.25, -0.2) is 0 Å². The van der Waals surface area contributed by atoms with Crippen LogP contribution in [0.15, 0.2) is 18.2 Å². The second-order valence-corrected chi connectivity index (χ2v) is 11.2. The highest BCUT2D eigenvalue weighted by Crippen LogP contribution is 2.49. The fourth-order valence-electron chi connectivity index (χ4n) is 4.60. The van der Waals surface area contributed by atoms with E-state index in [1.54, 1.807) is 0 Å². The second-order valence-electron chi connectivity index (χ2n) is 9.18. The Balaban J connectivity index is 2.01. The van der Waals surface area contributed by atoms with Crippen LogP contribution < -0.4 is 10.0 Å². The third kappa shape index (κ3) is 9.57. The highest BCUT2D eigenvalue weighted by Gasteiger charge is 2.31. The number of benzene rings is 1. The molecule has 0 aliphatic heterocycles. The van der Waals surface area contributed by atoms with Crippen molar-refractivity contribution in [3.05, 3.63) is 23.8 Å². The summed E-state index contributed by atoms with van der Waals surface area (Å²) in [5, 5.41) is 0.606. The fourth-order valence-corrected chi connectivity index (χ4v) is 6.36. The topological polar surface area (TPSA) is 44.8 Å². The number of hydrogen-bond acceptors (Lipinski definition) is 4. The molecule has 0 aromatic heterocycles. The van der Waals surface area contributed by atoms with Crippen molar-refractivity contribution in [2.24, 2.45) is 5.92 Å². The van der Waals surface area contributed by atoms with E-state index in [0.29, 0.717) is 36.8 Å². The van der Waals surface area contributed by atoms with E-state index in [1.807, 2.05) is 26.0 Å². The summed E-state index contributed by atoms with van der Waals surface area (Å²) in [6.45, 7) is 7.36. The van der Waals surface area contributed by atoms with E-state index >= 15 is 0 Å². The average molecular weight is 467 g/mol. The SMILES string of the molecule is CCCCCCCCCCc1ccc(OCC2CCCCC2)c(P(=O)(OCC)OCC)c1. The zero-order valence-corrected chi connectivity index (χ0v) is 21.8. The summed E-state index contributed by atoms with van der Waals surface area (Å²) in [6, 6.07) is 6.13. The third-order valence-electron chi connectivity index (χ3n) is 6.43. The molecule has 0 spiro atoms. The first-order valence-electron chi connectivity index (χ1n) is 13.3. The van der Waals surface area contributed by atoms with Gasteiger partial charge >= 0.3 is 7.60 Å². The third-order valence-corrected chi connectivity index (χ3v) is 8.57. The summed E-state index contributed by atoms with van der Waals surface area (Å²) >= 11 is 0. The smallest absolute Gasteiger partial charge is 0.365 e. The molecule has 1 aliphatic carbocycles.